The zero-order valence-corrected chi connectivity index (χ0v) is 9.14. The van der Waals surface area contributed by atoms with Crippen molar-refractivity contribution in [3.05, 3.63) is 29.8 Å². The number of carbonyl (C=O) groups is 1. The molecule has 2 N–H and O–H groups in total. The SMILES string of the molecule is COc1ccc(C(C(=O)O)S(=O)(=O)O)cc1. The summed E-state index contributed by atoms with van der Waals surface area (Å²) in [5.41, 5.74) is -0.0317. The van der Waals surface area contributed by atoms with Crippen LogP contribution in [0.25, 0.3) is 0 Å². The van der Waals surface area contributed by atoms with Gasteiger partial charge in [-0.1, -0.05) is 12.1 Å². The summed E-state index contributed by atoms with van der Waals surface area (Å²) >= 11 is 0. The molecule has 1 unspecified atom stereocenters. The summed E-state index contributed by atoms with van der Waals surface area (Å²) < 4.78 is 35.4. The monoisotopic (exact) mass is 246 g/mol. The average Bonchev–Trinajstić information content (AvgIpc) is 2.16. The minimum atomic E-state index is -4.68. The van der Waals surface area contributed by atoms with E-state index in [1.807, 2.05) is 0 Å². The van der Waals surface area contributed by atoms with Crippen molar-refractivity contribution in [3.8, 4) is 5.75 Å². The molecule has 0 aliphatic heterocycles. The second-order valence-electron chi connectivity index (χ2n) is 3.01. The number of aliphatic carboxylic acids is 1. The summed E-state index contributed by atoms with van der Waals surface area (Å²) in [6, 6.07) is 5.36. The number of ether oxygens (including phenoxy) is 1. The number of carboxylic acid groups (broad SMARTS) is 1. The first kappa shape index (κ1) is 12.5. The highest BCUT2D eigenvalue weighted by Gasteiger charge is 2.32. The number of methoxy groups -OCH3 is 1. The van der Waals surface area contributed by atoms with Crippen molar-refractivity contribution < 1.29 is 27.6 Å². The number of rotatable bonds is 4. The summed E-state index contributed by atoms with van der Waals surface area (Å²) in [4.78, 5) is 10.7. The fourth-order valence-corrected chi connectivity index (χ4v) is 1.98. The molecule has 1 atom stereocenters. The summed E-state index contributed by atoms with van der Waals surface area (Å²) in [5, 5.41) is 6.74. The highest BCUT2D eigenvalue weighted by atomic mass is 32.2. The van der Waals surface area contributed by atoms with Gasteiger partial charge < -0.3 is 9.84 Å². The van der Waals surface area contributed by atoms with Crippen molar-refractivity contribution in [1.82, 2.24) is 0 Å². The van der Waals surface area contributed by atoms with E-state index in [1.165, 1.54) is 31.4 Å². The molecule has 0 bridgehead atoms. The number of hydrogen-bond acceptors (Lipinski definition) is 4. The molecular weight excluding hydrogens is 236 g/mol. The third kappa shape index (κ3) is 2.71. The predicted molar refractivity (Wildman–Crippen MR) is 54.9 cm³/mol. The van der Waals surface area contributed by atoms with Gasteiger partial charge in [-0.25, -0.2) is 0 Å². The second kappa shape index (κ2) is 4.50. The van der Waals surface area contributed by atoms with E-state index in [1.54, 1.807) is 0 Å². The molecule has 0 aliphatic carbocycles. The van der Waals surface area contributed by atoms with Gasteiger partial charge in [-0.3, -0.25) is 9.35 Å². The molecule has 16 heavy (non-hydrogen) atoms. The molecule has 1 rings (SSSR count). The lowest BCUT2D eigenvalue weighted by molar-refractivity contribution is -0.136. The Morgan fingerprint density at radius 3 is 2.12 bits per heavy atom. The van der Waals surface area contributed by atoms with Crippen LogP contribution in [-0.4, -0.2) is 31.2 Å². The first-order valence-electron chi connectivity index (χ1n) is 4.19. The number of carboxylic acids is 1. The van der Waals surface area contributed by atoms with Crippen LogP contribution in [0.5, 0.6) is 5.75 Å². The Balaban J connectivity index is 3.18. The minimum absolute atomic E-state index is 0.0317. The first-order chi connectivity index (χ1) is 7.36. The van der Waals surface area contributed by atoms with E-state index in [9.17, 15) is 13.2 Å². The van der Waals surface area contributed by atoms with Crippen LogP contribution in [0.2, 0.25) is 0 Å². The molecule has 0 fully saturated rings. The summed E-state index contributed by atoms with van der Waals surface area (Å²) in [5.74, 6) is -1.17. The lowest BCUT2D eigenvalue weighted by Gasteiger charge is -2.09. The van der Waals surface area contributed by atoms with E-state index in [4.69, 9.17) is 14.4 Å². The van der Waals surface area contributed by atoms with E-state index in [0.717, 1.165) is 0 Å². The van der Waals surface area contributed by atoms with Crippen LogP contribution in [0, 0.1) is 0 Å². The molecule has 0 aliphatic rings. The lowest BCUT2D eigenvalue weighted by Crippen LogP contribution is -2.21. The standard InChI is InChI=1S/C9H10O6S/c1-15-7-4-2-6(3-5-7)8(9(10)11)16(12,13)14/h2-5,8H,1H3,(H,10,11)(H,12,13,14). The predicted octanol–water partition coefficient (Wildman–Crippen LogP) is 0.709. The maximum absolute atomic E-state index is 10.9. The third-order valence-corrected chi connectivity index (χ3v) is 3.01. The molecule has 0 saturated heterocycles. The first-order valence-corrected chi connectivity index (χ1v) is 5.69. The normalized spacial score (nSPS) is 13.1. The van der Waals surface area contributed by atoms with Crippen LogP contribution in [-0.2, 0) is 14.9 Å². The molecule has 1 aromatic rings. The molecule has 0 radical (unpaired) electrons. The van der Waals surface area contributed by atoms with E-state index in [2.05, 4.69) is 0 Å². The Morgan fingerprint density at radius 1 is 1.31 bits per heavy atom. The molecule has 0 spiro atoms. The molecule has 0 saturated carbocycles. The lowest BCUT2D eigenvalue weighted by atomic mass is 10.1. The molecule has 0 amide bonds. The van der Waals surface area contributed by atoms with Gasteiger partial charge in [0.25, 0.3) is 10.1 Å². The zero-order chi connectivity index (χ0) is 12.3. The van der Waals surface area contributed by atoms with Crippen molar-refractivity contribution in [2.45, 2.75) is 5.25 Å². The second-order valence-corrected chi connectivity index (χ2v) is 4.51. The van der Waals surface area contributed by atoms with Gasteiger partial charge in [0.15, 0.2) is 0 Å². The summed E-state index contributed by atoms with van der Waals surface area (Å²) in [7, 11) is -3.25. The molecule has 88 valence electrons. The molecular formula is C9H10O6S. The number of hydrogen-bond donors (Lipinski definition) is 2. The van der Waals surface area contributed by atoms with E-state index in [-0.39, 0.29) is 5.56 Å². The van der Waals surface area contributed by atoms with Crippen molar-refractivity contribution >= 4 is 16.1 Å². The molecule has 0 heterocycles. The largest absolute Gasteiger partial charge is 0.497 e. The van der Waals surface area contributed by atoms with Gasteiger partial charge in [0.2, 0.25) is 5.25 Å². The van der Waals surface area contributed by atoms with Gasteiger partial charge >= 0.3 is 5.97 Å². The number of benzene rings is 1. The van der Waals surface area contributed by atoms with Crippen LogP contribution in [0.3, 0.4) is 0 Å². The van der Waals surface area contributed by atoms with Gasteiger partial charge in [0.05, 0.1) is 7.11 Å². The van der Waals surface area contributed by atoms with Gasteiger partial charge in [-0.05, 0) is 17.7 Å². The van der Waals surface area contributed by atoms with Crippen LogP contribution < -0.4 is 4.74 Å². The molecule has 1 aromatic carbocycles. The zero-order valence-electron chi connectivity index (χ0n) is 8.32. The Morgan fingerprint density at radius 2 is 1.81 bits per heavy atom. The summed E-state index contributed by atoms with van der Waals surface area (Å²) in [6.45, 7) is 0. The highest BCUT2D eigenvalue weighted by Crippen LogP contribution is 2.23. The van der Waals surface area contributed by atoms with Crippen molar-refractivity contribution in [2.24, 2.45) is 0 Å². The highest BCUT2D eigenvalue weighted by molar-refractivity contribution is 7.86. The van der Waals surface area contributed by atoms with Crippen molar-refractivity contribution in [1.29, 1.82) is 0 Å². The van der Waals surface area contributed by atoms with E-state index >= 15 is 0 Å². The Hall–Kier alpha value is -1.60. The fraction of sp³-hybridized carbons (Fsp3) is 0.222. The Bertz CT molecular complexity index is 475. The molecule has 0 aromatic heterocycles. The van der Waals surface area contributed by atoms with E-state index in [0.29, 0.717) is 5.75 Å². The van der Waals surface area contributed by atoms with Crippen LogP contribution >= 0.6 is 0 Å². The van der Waals surface area contributed by atoms with Crippen LogP contribution in [0.15, 0.2) is 24.3 Å². The fourth-order valence-electron chi connectivity index (χ4n) is 1.22. The molecule has 7 heteroatoms. The van der Waals surface area contributed by atoms with Gasteiger partial charge in [-0.2, -0.15) is 8.42 Å². The average molecular weight is 246 g/mol. The van der Waals surface area contributed by atoms with Crippen LogP contribution in [0.4, 0.5) is 0 Å². The smallest absolute Gasteiger partial charge is 0.329 e. The Kier molecular flexibility index (Phi) is 3.51. The van der Waals surface area contributed by atoms with Gasteiger partial charge in [0.1, 0.15) is 5.75 Å². The summed E-state index contributed by atoms with van der Waals surface area (Å²) in [6.07, 6.45) is 0. The minimum Gasteiger partial charge on any atom is -0.497 e. The maximum atomic E-state index is 10.9. The van der Waals surface area contributed by atoms with Gasteiger partial charge in [-0.15, -0.1) is 0 Å². The Labute approximate surface area is 92.2 Å². The van der Waals surface area contributed by atoms with Crippen LogP contribution in [0.1, 0.15) is 10.8 Å². The quantitative estimate of drug-likeness (QED) is 0.759. The van der Waals surface area contributed by atoms with Gasteiger partial charge in [0, 0.05) is 0 Å². The molecule has 6 nitrogen and oxygen atoms in total. The topological polar surface area (TPSA) is 101 Å². The third-order valence-electron chi connectivity index (χ3n) is 1.94. The van der Waals surface area contributed by atoms with Crippen molar-refractivity contribution in [2.75, 3.05) is 7.11 Å². The van der Waals surface area contributed by atoms with E-state index < -0.39 is 21.3 Å². The van der Waals surface area contributed by atoms with Crippen molar-refractivity contribution in [3.63, 3.8) is 0 Å². The maximum Gasteiger partial charge on any atom is 0.329 e.